The van der Waals surface area contributed by atoms with Crippen LogP contribution in [0.5, 0.6) is 0 Å². The minimum absolute atomic E-state index is 0. The first-order chi connectivity index (χ1) is 11.2. The van der Waals surface area contributed by atoms with Crippen molar-refractivity contribution in [2.24, 2.45) is 0 Å². The van der Waals surface area contributed by atoms with Gasteiger partial charge < -0.3 is 48.2 Å². The second-order valence-electron chi connectivity index (χ2n) is 4.30. The van der Waals surface area contributed by atoms with Crippen molar-refractivity contribution in [1.29, 1.82) is 0 Å². The normalized spacial score (nSPS) is 7.72. The second-order valence-corrected chi connectivity index (χ2v) is 4.30. The van der Waals surface area contributed by atoms with Gasteiger partial charge in [0.2, 0.25) is 0 Å². The minimum Gasteiger partial charge on any atom is -1.00 e. The molecule has 0 radical (unpaired) electrons. The van der Waals surface area contributed by atoms with E-state index in [1.54, 1.807) is 0 Å². The average molecular weight is 535 g/mol. The molecule has 0 spiro atoms. The molecule has 13 heteroatoms. The third-order valence-corrected chi connectivity index (χ3v) is 2.71. The first-order valence-corrected chi connectivity index (χ1v) is 6.28. The van der Waals surface area contributed by atoms with Crippen LogP contribution in [0.1, 0.15) is 50.0 Å². The summed E-state index contributed by atoms with van der Waals surface area (Å²) < 4.78 is 0. The van der Waals surface area contributed by atoms with E-state index in [2.05, 4.69) is 0 Å². The van der Waals surface area contributed by atoms with Gasteiger partial charge in [0.25, 0.3) is 0 Å². The molecule has 2 aromatic rings. The molecule has 0 amide bonds. The Balaban J connectivity index is -0.0000000278. The van der Waals surface area contributed by atoms with Gasteiger partial charge in [0.15, 0.2) is 0 Å². The van der Waals surface area contributed by atoms with Gasteiger partial charge in [-0.05, 0) is 22.3 Å². The maximum atomic E-state index is 10.2. The SMILES string of the molecule is O=C([O-])c1ccc(C(=O)[O-])cc1.O=C([O-])c1ccc(C(=O)[O-])cc1.[Ca+2].[Ca+2].[Ca+2].[Ca+2].[Ca+2].[H-].[H-].[H-].[H-].[H-].[H-]. The Morgan fingerprint density at radius 3 is 0.586 bits per heavy atom. The van der Waals surface area contributed by atoms with Crippen LogP contribution in [0.3, 0.4) is 0 Å². The average Bonchev–Trinajstić information content (AvgIpc) is 2.55. The Morgan fingerprint density at radius 1 is 0.414 bits per heavy atom. The molecule has 0 aromatic heterocycles. The molecule has 0 atom stereocenters. The summed E-state index contributed by atoms with van der Waals surface area (Å²) in [5.74, 6) is -5.33. The molecular formula is C16H14Ca5O8. The molecule has 0 aliphatic rings. The first kappa shape index (κ1) is 41.8. The maximum Gasteiger partial charge on any atom is 2.00 e. The van der Waals surface area contributed by atoms with E-state index < -0.39 is 23.9 Å². The van der Waals surface area contributed by atoms with Crippen molar-refractivity contribution in [3.63, 3.8) is 0 Å². The van der Waals surface area contributed by atoms with E-state index in [0.717, 1.165) is 48.5 Å². The summed E-state index contributed by atoms with van der Waals surface area (Å²) in [6.07, 6.45) is 0. The van der Waals surface area contributed by atoms with Crippen LogP contribution < -0.4 is 20.4 Å². The fourth-order valence-electron chi connectivity index (χ4n) is 1.48. The quantitative estimate of drug-likeness (QED) is 0.355. The van der Waals surface area contributed by atoms with Crippen molar-refractivity contribution >= 4 is 213 Å². The molecule has 0 fully saturated rings. The number of carbonyl (C=O) groups excluding carboxylic acids is 4. The molecule has 136 valence electrons. The standard InChI is InChI=1S/2C8H6O4.5Ca.6H/c2*9-7(10)5-1-2-6(4-3-5)8(11)12;;;;;;;;;;;/h2*1-4H,(H,9,10)(H,11,12);;;;;;;;;;;/q;;5*+2;6*-1/p-4. The van der Waals surface area contributed by atoms with E-state index in [1.807, 2.05) is 0 Å². The van der Waals surface area contributed by atoms with Crippen molar-refractivity contribution in [2.75, 3.05) is 0 Å². The van der Waals surface area contributed by atoms with Crippen molar-refractivity contribution in [1.82, 2.24) is 0 Å². The summed E-state index contributed by atoms with van der Waals surface area (Å²) in [5.41, 5.74) is -0.222. The summed E-state index contributed by atoms with van der Waals surface area (Å²) in [6, 6.07) is 9.23. The molecule has 0 saturated carbocycles. The third-order valence-electron chi connectivity index (χ3n) is 2.71. The summed E-state index contributed by atoms with van der Waals surface area (Å²) in [4.78, 5) is 40.8. The summed E-state index contributed by atoms with van der Waals surface area (Å²) in [7, 11) is 0. The molecule has 2 aromatic carbocycles. The van der Waals surface area contributed by atoms with E-state index in [4.69, 9.17) is 0 Å². The molecule has 0 aliphatic heterocycles. The number of rotatable bonds is 4. The van der Waals surface area contributed by atoms with Gasteiger partial charge in [-0.25, -0.2) is 0 Å². The molecule has 0 aliphatic carbocycles. The van der Waals surface area contributed by atoms with Crippen molar-refractivity contribution in [3.05, 3.63) is 70.8 Å². The van der Waals surface area contributed by atoms with E-state index in [1.165, 1.54) is 0 Å². The number of benzene rings is 2. The van der Waals surface area contributed by atoms with E-state index in [9.17, 15) is 39.6 Å². The fourth-order valence-corrected chi connectivity index (χ4v) is 1.48. The maximum absolute atomic E-state index is 10.2. The van der Waals surface area contributed by atoms with Crippen LogP contribution in [0, 0.1) is 0 Å². The largest absolute Gasteiger partial charge is 2.00 e. The third kappa shape index (κ3) is 16.8. The van der Waals surface area contributed by atoms with E-state index >= 15 is 0 Å². The van der Waals surface area contributed by atoms with Crippen LogP contribution in [0.4, 0.5) is 0 Å². The zero-order chi connectivity index (χ0) is 18.3. The fraction of sp³-hybridized carbons (Fsp3) is 0. The molecule has 29 heavy (non-hydrogen) atoms. The topological polar surface area (TPSA) is 161 Å². The Morgan fingerprint density at radius 2 is 0.517 bits per heavy atom. The predicted molar refractivity (Wildman–Crippen MR) is 106 cm³/mol. The predicted octanol–water partition coefficient (Wildman–Crippen LogP) is -4.40. The van der Waals surface area contributed by atoms with E-state index in [-0.39, 0.29) is 220 Å². The van der Waals surface area contributed by atoms with Crippen molar-refractivity contribution < 1.29 is 48.2 Å². The van der Waals surface area contributed by atoms with Crippen LogP contribution >= 0.6 is 0 Å². The number of carboxylic acids is 4. The monoisotopic (exact) mass is 534 g/mol. The molecule has 0 heterocycles. The Bertz CT molecular complexity index is 669. The molecule has 0 bridgehead atoms. The van der Waals surface area contributed by atoms with Gasteiger partial charge in [0, 0.05) is 0 Å². The van der Waals surface area contributed by atoms with Crippen LogP contribution in [0.15, 0.2) is 48.5 Å². The molecule has 2 rings (SSSR count). The molecule has 0 N–H and O–H groups in total. The summed E-state index contributed by atoms with van der Waals surface area (Å²) in [5, 5.41) is 40.8. The molecule has 8 nitrogen and oxygen atoms in total. The van der Waals surface area contributed by atoms with Crippen LogP contribution in [0.25, 0.3) is 0 Å². The van der Waals surface area contributed by atoms with Gasteiger partial charge >= 0.3 is 189 Å². The van der Waals surface area contributed by atoms with Gasteiger partial charge in [0.1, 0.15) is 0 Å². The Labute approximate surface area is 324 Å². The molecule has 0 unspecified atom stereocenters. The van der Waals surface area contributed by atoms with Crippen molar-refractivity contribution in [2.45, 2.75) is 0 Å². The van der Waals surface area contributed by atoms with Gasteiger partial charge in [-0.2, -0.15) is 0 Å². The summed E-state index contributed by atoms with van der Waals surface area (Å²) >= 11 is 0. The minimum atomic E-state index is -1.33. The Kier molecular flexibility index (Phi) is 32.3. The molecule has 0 saturated heterocycles. The molecular weight excluding hydrogens is 521 g/mol. The zero-order valence-electron chi connectivity index (χ0n) is 21.4. The first-order valence-electron chi connectivity index (χ1n) is 6.28. The van der Waals surface area contributed by atoms with E-state index in [0.29, 0.717) is 0 Å². The zero-order valence-corrected chi connectivity index (χ0v) is 26.5. The van der Waals surface area contributed by atoms with Gasteiger partial charge in [0.05, 0.1) is 23.9 Å². The van der Waals surface area contributed by atoms with Crippen molar-refractivity contribution in [3.8, 4) is 0 Å². The number of carbonyl (C=O) groups is 4. The Hall–Kier alpha value is 2.62. The number of carboxylic acid groups (broad SMARTS) is 4. The van der Waals surface area contributed by atoms with Gasteiger partial charge in [-0.1, -0.05) is 48.5 Å². The van der Waals surface area contributed by atoms with Crippen LogP contribution in [-0.2, 0) is 0 Å². The smallest absolute Gasteiger partial charge is 1.00 e. The number of hydrogen-bond donors (Lipinski definition) is 0. The van der Waals surface area contributed by atoms with Gasteiger partial charge in [-0.15, -0.1) is 0 Å². The number of hydrogen-bond acceptors (Lipinski definition) is 8. The number of aromatic carboxylic acids is 4. The van der Waals surface area contributed by atoms with Crippen LogP contribution in [-0.4, -0.2) is 213 Å². The van der Waals surface area contributed by atoms with Crippen LogP contribution in [0.2, 0.25) is 0 Å². The second kappa shape index (κ2) is 22.4. The summed E-state index contributed by atoms with van der Waals surface area (Å²) in [6.45, 7) is 0. The van der Waals surface area contributed by atoms with Gasteiger partial charge in [-0.3, -0.25) is 0 Å².